The molecule has 0 aliphatic carbocycles. The minimum atomic E-state index is -1.08. The third kappa shape index (κ3) is 4.45. The minimum absolute atomic E-state index is 0.211. The van der Waals surface area contributed by atoms with Crippen LogP contribution in [0.25, 0.3) is 0 Å². The maximum Gasteiger partial charge on any atom is 0.326 e. The molecule has 22 heavy (non-hydrogen) atoms. The molecule has 0 saturated heterocycles. The summed E-state index contributed by atoms with van der Waals surface area (Å²) < 4.78 is 1.01. The average Bonchev–Trinajstić information content (AvgIpc) is 2.46. The van der Waals surface area contributed by atoms with Crippen LogP contribution in [-0.2, 0) is 11.2 Å². The van der Waals surface area contributed by atoms with E-state index in [2.05, 4.69) is 27.9 Å². The number of benzene rings is 2. The van der Waals surface area contributed by atoms with Gasteiger partial charge in [0.15, 0.2) is 0 Å². The van der Waals surface area contributed by atoms with Crippen LogP contribution in [0.1, 0.15) is 15.9 Å². The largest absolute Gasteiger partial charge is 0.480 e. The quantitative estimate of drug-likeness (QED) is 0.716. The van der Waals surface area contributed by atoms with Gasteiger partial charge in [-0.25, -0.2) is 4.79 Å². The lowest BCUT2D eigenvalue weighted by Crippen LogP contribution is -2.42. The van der Waals surface area contributed by atoms with E-state index in [1.807, 2.05) is 24.3 Å². The number of nitrogens with one attached hydrogen (secondary N) is 1. The second-order valence-electron chi connectivity index (χ2n) is 4.68. The van der Waals surface area contributed by atoms with Crippen molar-refractivity contribution in [3.8, 4) is 0 Å². The number of carboxylic acid groups (broad SMARTS) is 1. The zero-order valence-corrected chi connectivity index (χ0v) is 14.3. The summed E-state index contributed by atoms with van der Waals surface area (Å²) in [6.45, 7) is 0. The van der Waals surface area contributed by atoms with Gasteiger partial charge in [-0.3, -0.25) is 4.79 Å². The van der Waals surface area contributed by atoms with Gasteiger partial charge in [-0.15, -0.1) is 0 Å². The summed E-state index contributed by atoms with van der Waals surface area (Å²) in [6.07, 6.45) is 0.211. The molecule has 0 spiro atoms. The number of carboxylic acids is 1. The lowest BCUT2D eigenvalue weighted by molar-refractivity contribution is -0.139. The molecule has 0 bridgehead atoms. The highest BCUT2D eigenvalue weighted by atomic mass is 127. The van der Waals surface area contributed by atoms with E-state index in [0.717, 1.165) is 9.13 Å². The first-order chi connectivity index (χ1) is 10.5. The third-order valence-electron chi connectivity index (χ3n) is 3.05. The summed E-state index contributed by atoms with van der Waals surface area (Å²) in [5.74, 6) is -1.58. The molecule has 0 aliphatic heterocycles. The zero-order valence-electron chi connectivity index (χ0n) is 11.4. The fraction of sp³-hybridized carbons (Fsp3) is 0.125. The number of hydrogen-bond donors (Lipinski definition) is 2. The summed E-state index contributed by atoms with van der Waals surface area (Å²) in [5, 5.41) is 12.1. The van der Waals surface area contributed by atoms with Crippen molar-refractivity contribution in [3.63, 3.8) is 0 Å². The molecule has 4 nitrogen and oxygen atoms in total. The Morgan fingerprint density at radius 2 is 1.91 bits per heavy atom. The van der Waals surface area contributed by atoms with E-state index in [9.17, 15) is 14.7 Å². The highest BCUT2D eigenvalue weighted by Crippen LogP contribution is 2.15. The van der Waals surface area contributed by atoms with Crippen molar-refractivity contribution in [3.05, 3.63) is 68.3 Å². The molecule has 2 N–H and O–H groups in total. The maximum absolute atomic E-state index is 12.2. The smallest absolute Gasteiger partial charge is 0.326 e. The number of hydrogen-bond acceptors (Lipinski definition) is 2. The Morgan fingerprint density at radius 1 is 1.18 bits per heavy atom. The molecule has 6 heteroatoms. The first-order valence-corrected chi connectivity index (χ1v) is 7.95. The summed E-state index contributed by atoms with van der Waals surface area (Å²) in [6, 6.07) is 13.0. The molecule has 0 aromatic heterocycles. The molecule has 1 amide bonds. The van der Waals surface area contributed by atoms with Crippen LogP contribution in [0, 0.1) is 3.57 Å². The first kappa shape index (κ1) is 16.8. The fourth-order valence-corrected chi connectivity index (χ4v) is 2.81. The first-order valence-electron chi connectivity index (χ1n) is 6.50. The van der Waals surface area contributed by atoms with Gasteiger partial charge in [-0.05, 0) is 52.4 Å². The van der Waals surface area contributed by atoms with E-state index in [1.165, 1.54) is 0 Å². The third-order valence-corrected chi connectivity index (χ3v) is 4.05. The molecule has 2 aromatic rings. The lowest BCUT2D eigenvalue weighted by Gasteiger charge is -2.15. The topological polar surface area (TPSA) is 66.4 Å². The Morgan fingerprint density at radius 3 is 2.55 bits per heavy atom. The highest BCUT2D eigenvalue weighted by molar-refractivity contribution is 14.1. The van der Waals surface area contributed by atoms with Crippen molar-refractivity contribution in [2.24, 2.45) is 0 Å². The van der Waals surface area contributed by atoms with Gasteiger partial charge >= 0.3 is 5.97 Å². The minimum Gasteiger partial charge on any atom is -0.480 e. The van der Waals surface area contributed by atoms with Crippen molar-refractivity contribution in [1.29, 1.82) is 0 Å². The predicted octanol–water partition coefficient (Wildman–Crippen LogP) is 3.37. The van der Waals surface area contributed by atoms with Gasteiger partial charge in [0.2, 0.25) is 0 Å². The maximum atomic E-state index is 12.2. The highest BCUT2D eigenvalue weighted by Gasteiger charge is 2.22. The number of amides is 1. The summed E-state index contributed by atoms with van der Waals surface area (Å²) in [4.78, 5) is 23.6. The monoisotopic (exact) mass is 429 g/mol. The molecule has 0 fully saturated rings. The van der Waals surface area contributed by atoms with Crippen LogP contribution in [0.5, 0.6) is 0 Å². The Hall–Kier alpha value is -1.60. The van der Waals surface area contributed by atoms with Crippen molar-refractivity contribution in [2.45, 2.75) is 12.5 Å². The van der Waals surface area contributed by atoms with Gasteiger partial charge in [0.25, 0.3) is 5.91 Å². The van der Waals surface area contributed by atoms with Crippen LogP contribution < -0.4 is 5.32 Å². The molecule has 1 atom stereocenters. The van der Waals surface area contributed by atoms with Crippen molar-refractivity contribution in [1.82, 2.24) is 5.32 Å². The fourth-order valence-electron chi connectivity index (χ4n) is 1.98. The van der Waals surface area contributed by atoms with Gasteiger partial charge in [0.05, 0.1) is 10.6 Å². The normalized spacial score (nSPS) is 11.7. The van der Waals surface area contributed by atoms with Crippen molar-refractivity contribution >= 4 is 46.1 Å². The van der Waals surface area contributed by atoms with E-state index in [4.69, 9.17) is 11.6 Å². The second kappa shape index (κ2) is 7.60. The number of aliphatic carboxylic acids is 1. The second-order valence-corrected chi connectivity index (χ2v) is 6.33. The standard InChI is InChI=1S/C16H13ClINO3/c17-13-7-2-1-6-12(13)15(20)19-14(16(21)22)9-10-4-3-5-11(18)8-10/h1-8,14H,9H2,(H,19,20)(H,21,22)/t14-/m0/s1. The molecule has 0 unspecified atom stereocenters. The molecule has 2 rings (SSSR count). The number of rotatable bonds is 5. The SMILES string of the molecule is O=C(N[C@@H](Cc1cccc(I)c1)C(=O)O)c1ccccc1Cl. The molecular formula is C16H13ClINO3. The van der Waals surface area contributed by atoms with Gasteiger partial charge in [-0.1, -0.05) is 35.9 Å². The summed E-state index contributed by atoms with van der Waals surface area (Å²) in [7, 11) is 0. The summed E-state index contributed by atoms with van der Waals surface area (Å²) >= 11 is 8.11. The number of carbonyl (C=O) groups is 2. The molecule has 2 aromatic carbocycles. The van der Waals surface area contributed by atoms with Crippen LogP contribution in [0.15, 0.2) is 48.5 Å². The lowest BCUT2D eigenvalue weighted by atomic mass is 10.1. The van der Waals surface area contributed by atoms with Gasteiger partial charge in [0.1, 0.15) is 6.04 Å². The predicted molar refractivity (Wildman–Crippen MR) is 93.2 cm³/mol. The van der Waals surface area contributed by atoms with E-state index in [-0.39, 0.29) is 12.0 Å². The molecular weight excluding hydrogens is 417 g/mol. The van der Waals surface area contributed by atoms with Crippen LogP contribution in [-0.4, -0.2) is 23.0 Å². The van der Waals surface area contributed by atoms with Gasteiger partial charge in [0, 0.05) is 9.99 Å². The van der Waals surface area contributed by atoms with Gasteiger partial charge in [-0.2, -0.15) is 0 Å². The van der Waals surface area contributed by atoms with E-state index in [0.29, 0.717) is 5.02 Å². The van der Waals surface area contributed by atoms with E-state index in [1.54, 1.807) is 24.3 Å². The van der Waals surface area contributed by atoms with Crippen molar-refractivity contribution < 1.29 is 14.7 Å². The Kier molecular flexibility index (Phi) is 5.79. The van der Waals surface area contributed by atoms with Crippen LogP contribution in [0.2, 0.25) is 5.02 Å². The van der Waals surface area contributed by atoms with Crippen LogP contribution >= 0.6 is 34.2 Å². The Labute approximate surface area is 146 Å². The molecule has 0 aliphatic rings. The Balaban J connectivity index is 2.14. The zero-order chi connectivity index (χ0) is 16.1. The summed E-state index contributed by atoms with van der Waals surface area (Å²) in [5.41, 5.74) is 1.11. The Bertz CT molecular complexity index is 705. The molecule has 0 heterocycles. The van der Waals surface area contributed by atoms with E-state index >= 15 is 0 Å². The number of carbonyl (C=O) groups excluding carboxylic acids is 1. The average molecular weight is 430 g/mol. The molecule has 114 valence electrons. The molecule has 0 saturated carbocycles. The van der Waals surface area contributed by atoms with E-state index < -0.39 is 17.9 Å². The van der Waals surface area contributed by atoms with Crippen LogP contribution in [0.4, 0.5) is 0 Å². The van der Waals surface area contributed by atoms with Gasteiger partial charge < -0.3 is 10.4 Å². The van der Waals surface area contributed by atoms with Crippen molar-refractivity contribution in [2.75, 3.05) is 0 Å². The number of halogens is 2. The molecule has 0 radical (unpaired) electrons. The van der Waals surface area contributed by atoms with Crippen LogP contribution in [0.3, 0.4) is 0 Å².